The van der Waals surface area contributed by atoms with Crippen LogP contribution in [0.1, 0.15) is 88.2 Å². The number of pyridine rings is 1. The van der Waals surface area contributed by atoms with Gasteiger partial charge in [0.2, 0.25) is 17.8 Å². The highest BCUT2D eigenvalue weighted by atomic mass is 35.5. The number of halogens is 1. The number of fused-ring (bicyclic) bond motifs is 2. The second-order valence-electron chi connectivity index (χ2n) is 18.4. The number of ether oxygens (including phenoxy) is 2. The quantitative estimate of drug-likeness (QED) is 0.166. The molecule has 18 heteroatoms. The first-order valence-electron chi connectivity index (χ1n) is 22.8. The van der Waals surface area contributed by atoms with Crippen molar-refractivity contribution in [1.82, 2.24) is 35.0 Å². The third-order valence-electron chi connectivity index (χ3n) is 13.6. The fraction of sp³-hybridized carbons (Fsp3) is 0.511. The zero-order chi connectivity index (χ0) is 45.7. The van der Waals surface area contributed by atoms with Crippen LogP contribution in [-0.4, -0.2) is 124 Å². The van der Waals surface area contributed by atoms with E-state index in [4.69, 9.17) is 26.1 Å². The molecule has 9 rings (SSSR count). The molecule has 344 valence electrons. The molecule has 1 aliphatic carbocycles. The van der Waals surface area contributed by atoms with E-state index in [1.54, 1.807) is 21.7 Å². The van der Waals surface area contributed by atoms with E-state index in [0.29, 0.717) is 47.0 Å². The van der Waals surface area contributed by atoms with Crippen molar-refractivity contribution in [2.75, 3.05) is 55.0 Å². The topological polar surface area (TPSA) is 184 Å². The number of piperazine rings is 1. The number of rotatable bonds is 12. The van der Waals surface area contributed by atoms with Crippen molar-refractivity contribution < 1.29 is 28.7 Å². The van der Waals surface area contributed by atoms with E-state index in [1.807, 2.05) is 44.2 Å². The molecule has 3 saturated heterocycles. The van der Waals surface area contributed by atoms with Crippen LogP contribution in [0.15, 0.2) is 53.5 Å². The Kier molecular flexibility index (Phi) is 12.5. The highest BCUT2D eigenvalue weighted by Crippen LogP contribution is 2.37. The highest BCUT2D eigenvalue weighted by molar-refractivity contribution is 6.33. The molecule has 0 bridgehead atoms. The molecule has 65 heavy (non-hydrogen) atoms. The minimum atomic E-state index is -0.622. The molecular weight excluding hydrogens is 852 g/mol. The second kappa shape index (κ2) is 18.2. The number of nitrogens with zero attached hydrogens (tertiary/aromatic N) is 7. The molecule has 4 amide bonds. The lowest BCUT2D eigenvalue weighted by atomic mass is 9.86. The number of benzene rings is 2. The molecule has 0 radical (unpaired) electrons. The Hall–Kier alpha value is -5.78. The van der Waals surface area contributed by atoms with Crippen molar-refractivity contribution in [3.63, 3.8) is 0 Å². The number of imide groups is 1. The van der Waals surface area contributed by atoms with E-state index >= 15 is 0 Å². The van der Waals surface area contributed by atoms with E-state index in [1.165, 1.54) is 7.05 Å². The number of aromatic nitrogens is 3. The van der Waals surface area contributed by atoms with Crippen molar-refractivity contribution in [3.05, 3.63) is 75.2 Å². The lowest BCUT2D eigenvalue weighted by molar-refractivity contribution is -0.137. The molecule has 17 nitrogen and oxygen atoms in total. The van der Waals surface area contributed by atoms with Crippen molar-refractivity contribution in [2.45, 2.75) is 115 Å². The summed E-state index contributed by atoms with van der Waals surface area (Å²) in [5, 5.41) is 9.36. The summed E-state index contributed by atoms with van der Waals surface area (Å²) in [6, 6.07) is 13.6. The van der Waals surface area contributed by atoms with Crippen LogP contribution in [0.3, 0.4) is 0 Å². The highest BCUT2D eigenvalue weighted by Gasteiger charge is 2.42. The smallest absolute Gasteiger partial charge is 0.293 e. The lowest BCUT2D eigenvalue weighted by Gasteiger charge is -2.52. The Balaban J connectivity index is 0.759. The Morgan fingerprint density at radius 2 is 1.72 bits per heavy atom. The Morgan fingerprint density at radius 3 is 2.43 bits per heavy atom. The first-order chi connectivity index (χ1) is 31.2. The van der Waals surface area contributed by atoms with E-state index in [0.717, 1.165) is 74.0 Å². The summed E-state index contributed by atoms with van der Waals surface area (Å²) in [5.41, 5.74) is 3.79. The molecule has 0 unspecified atom stereocenters. The summed E-state index contributed by atoms with van der Waals surface area (Å²) in [7, 11) is 1.52. The molecule has 1 saturated carbocycles. The maximum Gasteiger partial charge on any atom is 0.293 e. The summed E-state index contributed by atoms with van der Waals surface area (Å²) in [5.74, 6) is -0.0159. The third-order valence-corrected chi connectivity index (χ3v) is 13.9. The molecule has 5 aliphatic rings. The average molecular weight is 909 g/mol. The maximum atomic E-state index is 13.3. The number of hydrogen-bond donors (Lipinski definition) is 3. The zero-order valence-corrected chi connectivity index (χ0v) is 38.3. The van der Waals surface area contributed by atoms with Crippen LogP contribution in [0.4, 0.5) is 23.1 Å². The summed E-state index contributed by atoms with van der Waals surface area (Å²) in [4.78, 5) is 80.9. The zero-order valence-electron chi connectivity index (χ0n) is 37.5. The standard InChI is InChI=1S/C47H57ClN10O7/c1-26(2)57-38-9-6-31(16-29(38)18-40(46(57)63)64-25-42(60)49-5)51-43-37(48)21-50-47(53-43)54-14-12-34(13-15-54)65-35-19-33(20-35)55-22-27(3)58(28(4)23-55)32-7-8-36-30(17-32)24-56(45(36)62)39-10-11-41(59)52-44(39)61/h6-9,16-18,21,26-28,33-35,39H,10-15,19-20,22-25H2,1-5H3,(H,49,60)(H,50,51,53)(H,52,59,61)/t27-,28+,33?,35?,39-/m1/s1. The summed E-state index contributed by atoms with van der Waals surface area (Å²) >= 11 is 6.61. The molecule has 2 aromatic carbocycles. The second-order valence-corrected chi connectivity index (χ2v) is 18.8. The number of amides is 4. The lowest BCUT2D eigenvalue weighted by Crippen LogP contribution is -2.62. The number of piperidine rings is 2. The van der Waals surface area contributed by atoms with Gasteiger partial charge in [-0.3, -0.25) is 34.2 Å². The predicted molar refractivity (Wildman–Crippen MR) is 247 cm³/mol. The Labute approximate surface area is 382 Å². The van der Waals surface area contributed by atoms with Gasteiger partial charge in [0.05, 0.1) is 23.9 Å². The number of carbonyl (C=O) groups excluding carboxylic acids is 4. The number of likely N-dealkylation sites (N-methyl/N-ethyl adjacent to an activating group) is 1. The normalized spacial score (nSPS) is 24.0. The molecule has 2 aromatic heterocycles. The van der Waals surface area contributed by atoms with Gasteiger partial charge in [-0.15, -0.1) is 0 Å². The van der Waals surface area contributed by atoms with Gasteiger partial charge in [0.25, 0.3) is 17.4 Å². The fourth-order valence-corrected chi connectivity index (χ4v) is 10.4. The first-order valence-corrected chi connectivity index (χ1v) is 23.1. The summed E-state index contributed by atoms with van der Waals surface area (Å²) < 4.78 is 13.9. The van der Waals surface area contributed by atoms with Crippen LogP contribution >= 0.6 is 11.6 Å². The first kappa shape index (κ1) is 44.4. The Morgan fingerprint density at radius 1 is 0.969 bits per heavy atom. The van der Waals surface area contributed by atoms with Gasteiger partial charge < -0.3 is 39.4 Å². The van der Waals surface area contributed by atoms with E-state index in [9.17, 15) is 24.0 Å². The molecule has 0 spiro atoms. The van der Waals surface area contributed by atoms with Gasteiger partial charge in [0.1, 0.15) is 11.1 Å². The molecule has 3 atom stereocenters. The maximum absolute atomic E-state index is 13.3. The van der Waals surface area contributed by atoms with Crippen LogP contribution in [0.5, 0.6) is 5.75 Å². The van der Waals surface area contributed by atoms with Crippen LogP contribution in [0.25, 0.3) is 10.9 Å². The SMILES string of the molecule is CNC(=O)COc1cc2cc(Nc3nc(N4CCC(OC5CC(N6C[C@@H](C)N(c7ccc8c(c7)CN([C@@H]7CCC(=O)NC7=O)C8=O)[C@@H](C)C6)C5)CC4)ncc3Cl)ccc2n(C(C)C)c1=O. The number of nitrogens with one attached hydrogen (secondary N) is 3. The van der Waals surface area contributed by atoms with Gasteiger partial charge >= 0.3 is 0 Å². The van der Waals surface area contributed by atoms with Crippen LogP contribution in [0, 0.1) is 0 Å². The van der Waals surface area contributed by atoms with Gasteiger partial charge in [-0.05, 0) is 108 Å². The van der Waals surface area contributed by atoms with Crippen molar-refractivity contribution >= 4 is 69.3 Å². The fourth-order valence-electron chi connectivity index (χ4n) is 10.3. The van der Waals surface area contributed by atoms with Gasteiger partial charge in [-0.2, -0.15) is 4.98 Å². The predicted octanol–water partition coefficient (Wildman–Crippen LogP) is 4.77. The number of hydrogen-bond acceptors (Lipinski definition) is 13. The molecule has 4 aromatic rings. The van der Waals surface area contributed by atoms with Crippen LogP contribution in [-0.2, 0) is 25.7 Å². The van der Waals surface area contributed by atoms with E-state index in [2.05, 4.69) is 55.5 Å². The minimum Gasteiger partial charge on any atom is -0.478 e. The van der Waals surface area contributed by atoms with Gasteiger partial charge in [-0.1, -0.05) is 11.6 Å². The molecule has 3 N–H and O–H groups in total. The van der Waals surface area contributed by atoms with Gasteiger partial charge in [0, 0.05) is 92.7 Å². The monoisotopic (exact) mass is 908 g/mol. The third kappa shape index (κ3) is 8.97. The molecule has 6 heterocycles. The van der Waals surface area contributed by atoms with Crippen molar-refractivity contribution in [3.8, 4) is 5.75 Å². The van der Waals surface area contributed by atoms with Crippen LogP contribution < -0.4 is 36.0 Å². The van der Waals surface area contributed by atoms with Crippen molar-refractivity contribution in [1.29, 1.82) is 0 Å². The average Bonchev–Trinajstić information content (AvgIpc) is 3.59. The minimum absolute atomic E-state index is 0.0933. The van der Waals surface area contributed by atoms with Gasteiger partial charge in [-0.25, -0.2) is 4.98 Å². The van der Waals surface area contributed by atoms with E-state index in [-0.39, 0.29) is 72.4 Å². The molecular formula is C47H57ClN10O7. The largest absolute Gasteiger partial charge is 0.478 e. The summed E-state index contributed by atoms with van der Waals surface area (Å²) in [6.07, 6.45) is 6.37. The van der Waals surface area contributed by atoms with Crippen molar-refractivity contribution in [2.24, 2.45) is 0 Å². The summed E-state index contributed by atoms with van der Waals surface area (Å²) in [6.45, 7) is 11.9. The van der Waals surface area contributed by atoms with E-state index < -0.39 is 11.9 Å². The van der Waals surface area contributed by atoms with Gasteiger partial charge in [0.15, 0.2) is 18.2 Å². The molecule has 4 fully saturated rings. The van der Waals surface area contributed by atoms with Crippen LogP contribution in [0.2, 0.25) is 5.02 Å². The number of carbonyl (C=O) groups is 4. The Bertz CT molecular complexity index is 2560. The molecule has 4 aliphatic heterocycles. The number of anilines is 4.